The molecular formula is C20H22BrNO4. The zero-order valence-electron chi connectivity index (χ0n) is 14.4. The molecule has 1 N–H and O–H groups in total. The number of esters is 1. The number of carbonyl (C=O) groups excluding carboxylic acids is 2. The van der Waals surface area contributed by atoms with Crippen LogP contribution in [0.5, 0.6) is 0 Å². The molecule has 0 aliphatic carbocycles. The Labute approximate surface area is 161 Å². The lowest BCUT2D eigenvalue weighted by Crippen LogP contribution is -2.42. The number of benzene rings is 2. The summed E-state index contributed by atoms with van der Waals surface area (Å²) >= 11 is 3.33. The molecule has 2 aromatic rings. The lowest BCUT2D eigenvalue weighted by Gasteiger charge is -2.17. The van der Waals surface area contributed by atoms with E-state index >= 15 is 0 Å². The number of rotatable bonds is 9. The number of alkyl carbamates (subject to hydrolysis) is 1. The zero-order chi connectivity index (χ0) is 18.6. The van der Waals surface area contributed by atoms with Crippen molar-refractivity contribution in [2.75, 3.05) is 5.33 Å². The van der Waals surface area contributed by atoms with Crippen molar-refractivity contribution >= 4 is 28.0 Å². The number of ether oxygens (including phenoxy) is 2. The maximum atomic E-state index is 12.3. The Kier molecular flexibility index (Phi) is 8.69. The highest BCUT2D eigenvalue weighted by molar-refractivity contribution is 9.09. The summed E-state index contributed by atoms with van der Waals surface area (Å²) in [5, 5.41) is 3.33. The molecule has 0 saturated carbocycles. The van der Waals surface area contributed by atoms with Crippen LogP contribution in [0.1, 0.15) is 24.0 Å². The average Bonchev–Trinajstić information content (AvgIpc) is 2.69. The third-order valence-corrected chi connectivity index (χ3v) is 4.20. The number of hydrogen-bond acceptors (Lipinski definition) is 4. The van der Waals surface area contributed by atoms with Gasteiger partial charge in [-0.1, -0.05) is 76.6 Å². The van der Waals surface area contributed by atoms with Crippen LogP contribution in [0.15, 0.2) is 60.7 Å². The molecule has 138 valence electrons. The molecule has 0 aromatic heterocycles. The minimum Gasteiger partial charge on any atom is -0.459 e. The molecule has 5 nitrogen and oxygen atoms in total. The minimum absolute atomic E-state index is 0.150. The van der Waals surface area contributed by atoms with Crippen LogP contribution in [0.2, 0.25) is 0 Å². The molecule has 1 unspecified atom stereocenters. The molecule has 0 saturated heterocycles. The van der Waals surface area contributed by atoms with E-state index in [1.54, 1.807) is 0 Å². The Morgan fingerprint density at radius 2 is 1.42 bits per heavy atom. The van der Waals surface area contributed by atoms with E-state index in [1.807, 2.05) is 60.7 Å². The molecule has 6 heteroatoms. The zero-order valence-corrected chi connectivity index (χ0v) is 16.0. The Morgan fingerprint density at radius 1 is 0.885 bits per heavy atom. The van der Waals surface area contributed by atoms with E-state index in [0.29, 0.717) is 6.42 Å². The average molecular weight is 420 g/mol. The summed E-state index contributed by atoms with van der Waals surface area (Å²) < 4.78 is 10.5. The number of carbonyl (C=O) groups is 2. The van der Waals surface area contributed by atoms with Crippen molar-refractivity contribution in [3.8, 4) is 0 Å². The molecule has 0 radical (unpaired) electrons. The monoisotopic (exact) mass is 419 g/mol. The molecule has 0 aliphatic heterocycles. The smallest absolute Gasteiger partial charge is 0.408 e. The molecule has 0 spiro atoms. The van der Waals surface area contributed by atoms with Gasteiger partial charge in [-0.2, -0.15) is 0 Å². The molecule has 2 aromatic carbocycles. The van der Waals surface area contributed by atoms with E-state index in [-0.39, 0.29) is 13.2 Å². The Bertz CT molecular complexity index is 679. The number of halogens is 1. The molecule has 0 fully saturated rings. The molecule has 26 heavy (non-hydrogen) atoms. The molecule has 0 aliphatic rings. The topological polar surface area (TPSA) is 64.6 Å². The standard InChI is InChI=1S/C20H22BrNO4/c21-13-7-12-18(19(23)25-14-16-8-3-1-4-9-16)22-20(24)26-15-17-10-5-2-6-11-17/h1-6,8-11,18H,7,12-15H2,(H,22,24). The fraction of sp³-hybridized carbons (Fsp3) is 0.300. The van der Waals surface area contributed by atoms with Crippen LogP contribution < -0.4 is 5.32 Å². The predicted octanol–water partition coefficient (Wildman–Crippen LogP) is 4.20. The molecule has 1 atom stereocenters. The summed E-state index contributed by atoms with van der Waals surface area (Å²) in [5.74, 6) is -0.466. The van der Waals surface area contributed by atoms with Crippen molar-refractivity contribution in [2.45, 2.75) is 32.1 Å². The molecule has 2 rings (SSSR count). The van der Waals surface area contributed by atoms with Crippen molar-refractivity contribution in [2.24, 2.45) is 0 Å². The summed E-state index contributed by atoms with van der Waals surface area (Å²) in [6.07, 6.45) is 0.564. The maximum absolute atomic E-state index is 12.3. The van der Waals surface area contributed by atoms with E-state index in [1.165, 1.54) is 0 Å². The first-order valence-electron chi connectivity index (χ1n) is 8.43. The first kappa shape index (κ1) is 20.0. The van der Waals surface area contributed by atoms with Crippen molar-refractivity contribution in [3.63, 3.8) is 0 Å². The largest absolute Gasteiger partial charge is 0.459 e. The Morgan fingerprint density at radius 3 is 1.96 bits per heavy atom. The minimum atomic E-state index is -0.737. The van der Waals surface area contributed by atoms with Crippen LogP contribution >= 0.6 is 15.9 Å². The van der Waals surface area contributed by atoms with Crippen molar-refractivity contribution < 1.29 is 19.1 Å². The van der Waals surface area contributed by atoms with Gasteiger partial charge in [0, 0.05) is 5.33 Å². The van der Waals surface area contributed by atoms with Gasteiger partial charge in [0.2, 0.25) is 0 Å². The van der Waals surface area contributed by atoms with E-state index in [0.717, 1.165) is 22.9 Å². The van der Waals surface area contributed by atoms with Crippen LogP contribution in [-0.2, 0) is 27.5 Å². The fourth-order valence-corrected chi connectivity index (χ4v) is 2.59. The number of amides is 1. The van der Waals surface area contributed by atoms with E-state index in [2.05, 4.69) is 21.2 Å². The molecular weight excluding hydrogens is 398 g/mol. The third-order valence-electron chi connectivity index (χ3n) is 3.64. The van der Waals surface area contributed by atoms with Crippen LogP contribution in [0.4, 0.5) is 4.79 Å². The van der Waals surface area contributed by atoms with E-state index < -0.39 is 18.1 Å². The Balaban J connectivity index is 1.84. The second-order valence-electron chi connectivity index (χ2n) is 5.68. The van der Waals surface area contributed by atoms with Gasteiger partial charge in [-0.3, -0.25) is 0 Å². The van der Waals surface area contributed by atoms with Gasteiger partial charge < -0.3 is 14.8 Å². The number of nitrogens with one attached hydrogen (secondary N) is 1. The van der Waals surface area contributed by atoms with Crippen molar-refractivity contribution in [3.05, 3.63) is 71.8 Å². The second kappa shape index (κ2) is 11.3. The number of hydrogen-bond donors (Lipinski definition) is 1. The molecule has 0 bridgehead atoms. The quantitative estimate of drug-likeness (QED) is 0.488. The summed E-state index contributed by atoms with van der Waals surface area (Å²) in [6.45, 7) is 0.322. The lowest BCUT2D eigenvalue weighted by molar-refractivity contribution is -0.147. The van der Waals surface area contributed by atoms with E-state index in [9.17, 15) is 9.59 Å². The summed E-state index contributed by atoms with van der Waals surface area (Å²) in [7, 11) is 0. The Hall–Kier alpha value is -2.34. The van der Waals surface area contributed by atoms with Gasteiger partial charge in [0.25, 0.3) is 0 Å². The van der Waals surface area contributed by atoms with Gasteiger partial charge in [-0.25, -0.2) is 9.59 Å². The lowest BCUT2D eigenvalue weighted by atomic mass is 10.1. The van der Waals surface area contributed by atoms with Crippen LogP contribution in [0, 0.1) is 0 Å². The van der Waals surface area contributed by atoms with Gasteiger partial charge in [0.1, 0.15) is 19.3 Å². The number of alkyl halides is 1. The highest BCUT2D eigenvalue weighted by atomic mass is 79.9. The van der Waals surface area contributed by atoms with Gasteiger partial charge in [-0.05, 0) is 24.0 Å². The van der Waals surface area contributed by atoms with Crippen LogP contribution in [0.25, 0.3) is 0 Å². The SMILES string of the molecule is O=C(NC(CCCBr)C(=O)OCc1ccccc1)OCc1ccccc1. The highest BCUT2D eigenvalue weighted by Gasteiger charge is 2.22. The summed E-state index contributed by atoms with van der Waals surface area (Å²) in [6, 6.07) is 18.0. The van der Waals surface area contributed by atoms with E-state index in [4.69, 9.17) is 9.47 Å². The molecule has 1 amide bonds. The second-order valence-corrected chi connectivity index (χ2v) is 6.48. The summed E-state index contributed by atoms with van der Waals surface area (Å²) in [5.41, 5.74) is 1.78. The van der Waals surface area contributed by atoms with Gasteiger partial charge >= 0.3 is 12.1 Å². The van der Waals surface area contributed by atoms with Crippen molar-refractivity contribution in [1.82, 2.24) is 5.32 Å². The highest BCUT2D eigenvalue weighted by Crippen LogP contribution is 2.07. The van der Waals surface area contributed by atoms with Crippen LogP contribution in [-0.4, -0.2) is 23.4 Å². The first-order chi connectivity index (χ1) is 12.7. The van der Waals surface area contributed by atoms with Crippen LogP contribution in [0.3, 0.4) is 0 Å². The van der Waals surface area contributed by atoms with Gasteiger partial charge in [0.05, 0.1) is 0 Å². The maximum Gasteiger partial charge on any atom is 0.408 e. The normalized spacial score (nSPS) is 11.4. The predicted molar refractivity (Wildman–Crippen MR) is 103 cm³/mol. The van der Waals surface area contributed by atoms with Gasteiger partial charge in [0.15, 0.2) is 0 Å². The van der Waals surface area contributed by atoms with Gasteiger partial charge in [-0.15, -0.1) is 0 Å². The molecule has 0 heterocycles. The fourth-order valence-electron chi connectivity index (χ4n) is 2.27. The first-order valence-corrected chi connectivity index (χ1v) is 9.55. The van der Waals surface area contributed by atoms with Crippen molar-refractivity contribution in [1.29, 1.82) is 0 Å². The summed E-state index contributed by atoms with van der Waals surface area (Å²) in [4.78, 5) is 24.3. The third kappa shape index (κ3) is 7.27.